The molecule has 22 heavy (non-hydrogen) atoms. The van der Waals surface area contributed by atoms with E-state index < -0.39 is 6.09 Å². The third-order valence-electron chi connectivity index (χ3n) is 3.16. The molecule has 3 N–H and O–H groups in total. The number of halogens is 1. The van der Waals surface area contributed by atoms with Crippen molar-refractivity contribution in [2.45, 2.75) is 13.8 Å². The Morgan fingerprint density at radius 1 is 1.64 bits per heavy atom. The second-order valence-corrected chi connectivity index (χ2v) is 5.21. The van der Waals surface area contributed by atoms with Crippen LogP contribution in [0.1, 0.15) is 19.4 Å². The molecule has 0 spiro atoms. The molecule has 0 fully saturated rings. The Morgan fingerprint density at radius 2 is 2.36 bits per heavy atom. The lowest BCUT2D eigenvalue weighted by atomic mass is 9.99. The number of ether oxygens (including phenoxy) is 1. The van der Waals surface area contributed by atoms with Gasteiger partial charge in [-0.2, -0.15) is 5.10 Å². The number of hydrogen-bond acceptors (Lipinski definition) is 5. The number of phenolic OH excluding ortho intramolecular Hbond substituents is 1. The minimum absolute atomic E-state index is 0.0336. The molecule has 1 amide bonds. The van der Waals surface area contributed by atoms with Gasteiger partial charge in [0.15, 0.2) is 0 Å². The Bertz CT molecular complexity index is 633. The molecule has 1 aliphatic heterocycles. The van der Waals surface area contributed by atoms with Crippen molar-refractivity contribution in [2.24, 2.45) is 11.0 Å². The summed E-state index contributed by atoms with van der Waals surface area (Å²) >= 11 is 5.91. The maximum atomic E-state index is 11.3. The van der Waals surface area contributed by atoms with E-state index in [1.807, 2.05) is 6.92 Å². The molecule has 8 heteroatoms. The molecule has 2 rings (SSSR count). The van der Waals surface area contributed by atoms with E-state index in [1.54, 1.807) is 25.1 Å². The topological polar surface area (TPSA) is 98.0 Å². The van der Waals surface area contributed by atoms with Gasteiger partial charge in [-0.15, -0.1) is 0 Å². The summed E-state index contributed by atoms with van der Waals surface area (Å²) in [5.41, 5.74) is 1.13. The van der Waals surface area contributed by atoms with Crippen molar-refractivity contribution >= 4 is 29.4 Å². The van der Waals surface area contributed by atoms with Gasteiger partial charge in [-0.3, -0.25) is 10.7 Å². The highest BCUT2D eigenvalue weighted by atomic mass is 35.5. The number of phenols is 1. The zero-order chi connectivity index (χ0) is 16.3. The fraction of sp³-hybridized carbons (Fsp3) is 0.357. The molecule has 1 heterocycles. The first-order valence-corrected chi connectivity index (χ1v) is 7.18. The molecule has 1 aliphatic rings. The smallest absolute Gasteiger partial charge is 0.413 e. The number of alkyl carbamates (subject to hydrolysis) is 1. The molecule has 0 bridgehead atoms. The van der Waals surface area contributed by atoms with Crippen LogP contribution < -0.4 is 5.32 Å². The van der Waals surface area contributed by atoms with Gasteiger partial charge in [0.2, 0.25) is 5.96 Å². The van der Waals surface area contributed by atoms with E-state index in [1.165, 1.54) is 5.01 Å². The fourth-order valence-corrected chi connectivity index (χ4v) is 2.30. The second kappa shape index (κ2) is 6.65. The number of nitrogens with zero attached hydrogens (tertiary/aromatic N) is 2. The third-order valence-corrected chi connectivity index (χ3v) is 3.46. The van der Waals surface area contributed by atoms with Crippen molar-refractivity contribution in [1.29, 1.82) is 5.41 Å². The molecular weight excluding hydrogens is 308 g/mol. The van der Waals surface area contributed by atoms with Gasteiger partial charge >= 0.3 is 6.09 Å². The predicted molar refractivity (Wildman–Crippen MR) is 83.4 cm³/mol. The minimum atomic E-state index is -0.700. The Labute approximate surface area is 133 Å². The van der Waals surface area contributed by atoms with Crippen molar-refractivity contribution in [3.63, 3.8) is 0 Å². The van der Waals surface area contributed by atoms with E-state index in [0.29, 0.717) is 17.8 Å². The van der Waals surface area contributed by atoms with Gasteiger partial charge in [0.25, 0.3) is 0 Å². The van der Waals surface area contributed by atoms with Crippen LogP contribution in [0, 0.1) is 11.3 Å². The number of aromatic hydroxyl groups is 1. The highest BCUT2D eigenvalue weighted by Crippen LogP contribution is 2.31. The minimum Gasteiger partial charge on any atom is -0.506 e. The number of hydrogen-bond donors (Lipinski definition) is 3. The van der Waals surface area contributed by atoms with E-state index in [-0.39, 0.29) is 29.3 Å². The molecule has 0 saturated heterocycles. The fourth-order valence-electron chi connectivity index (χ4n) is 2.13. The summed E-state index contributed by atoms with van der Waals surface area (Å²) in [7, 11) is 0. The maximum Gasteiger partial charge on any atom is 0.413 e. The van der Waals surface area contributed by atoms with Crippen LogP contribution in [0.4, 0.5) is 4.79 Å². The summed E-state index contributed by atoms with van der Waals surface area (Å²) in [5, 5.41) is 26.1. The standard InChI is InChI=1S/C14H17ClN4O3/c1-3-22-14(21)17-13(16)19-7-8(2)11(18-19)9-5-4-6-10(15)12(9)20/h4-6,8,20H,3,7H2,1-2H3,(H2,16,17,21). The summed E-state index contributed by atoms with van der Waals surface area (Å²) in [4.78, 5) is 11.3. The number of hydrazone groups is 1. The predicted octanol–water partition coefficient (Wildman–Crippen LogP) is 2.38. The van der Waals surface area contributed by atoms with Gasteiger partial charge in [0.05, 0.1) is 23.9 Å². The molecule has 0 saturated carbocycles. The first kappa shape index (κ1) is 16.1. The zero-order valence-electron chi connectivity index (χ0n) is 12.3. The molecule has 7 nitrogen and oxygen atoms in total. The van der Waals surface area contributed by atoms with Crippen LogP contribution in [-0.2, 0) is 4.74 Å². The molecule has 1 aromatic carbocycles. The molecule has 1 atom stereocenters. The quantitative estimate of drug-likeness (QED) is 0.574. The van der Waals surface area contributed by atoms with Gasteiger partial charge in [0, 0.05) is 11.5 Å². The SMILES string of the molecule is CCOC(=O)NC(=N)N1CC(C)C(c2cccc(Cl)c2O)=N1. The number of amides is 1. The van der Waals surface area contributed by atoms with E-state index in [9.17, 15) is 9.90 Å². The van der Waals surface area contributed by atoms with Crippen LogP contribution in [0.25, 0.3) is 0 Å². The molecular formula is C14H17ClN4O3. The Hall–Kier alpha value is -2.28. The Balaban J connectivity index is 2.18. The van der Waals surface area contributed by atoms with Crippen LogP contribution >= 0.6 is 11.6 Å². The largest absolute Gasteiger partial charge is 0.506 e. The van der Waals surface area contributed by atoms with Gasteiger partial charge in [-0.05, 0) is 19.1 Å². The van der Waals surface area contributed by atoms with Crippen molar-refractivity contribution < 1.29 is 14.6 Å². The Kier molecular flexibility index (Phi) is 4.87. The number of carbonyl (C=O) groups excluding carboxylic acids is 1. The van der Waals surface area contributed by atoms with Crippen LogP contribution in [0.15, 0.2) is 23.3 Å². The molecule has 0 aromatic heterocycles. The monoisotopic (exact) mass is 324 g/mol. The summed E-state index contributed by atoms with van der Waals surface area (Å²) in [6.07, 6.45) is -0.700. The van der Waals surface area contributed by atoms with Gasteiger partial charge in [-0.25, -0.2) is 9.80 Å². The van der Waals surface area contributed by atoms with Crippen molar-refractivity contribution in [1.82, 2.24) is 10.3 Å². The highest BCUT2D eigenvalue weighted by molar-refractivity contribution is 6.32. The van der Waals surface area contributed by atoms with E-state index in [4.69, 9.17) is 21.7 Å². The number of nitrogens with one attached hydrogen (secondary N) is 2. The number of carbonyl (C=O) groups is 1. The Morgan fingerprint density at radius 3 is 3.05 bits per heavy atom. The summed E-state index contributed by atoms with van der Waals surface area (Å²) in [5.74, 6) is -0.253. The van der Waals surface area contributed by atoms with E-state index in [2.05, 4.69) is 10.4 Å². The average Bonchev–Trinajstić information content (AvgIpc) is 2.84. The molecule has 118 valence electrons. The summed E-state index contributed by atoms with van der Waals surface area (Å²) in [6.45, 7) is 4.23. The average molecular weight is 325 g/mol. The van der Waals surface area contributed by atoms with E-state index in [0.717, 1.165) is 0 Å². The van der Waals surface area contributed by atoms with E-state index >= 15 is 0 Å². The summed E-state index contributed by atoms with van der Waals surface area (Å²) < 4.78 is 4.72. The van der Waals surface area contributed by atoms with Crippen molar-refractivity contribution in [2.75, 3.05) is 13.2 Å². The van der Waals surface area contributed by atoms with Crippen molar-refractivity contribution in [3.8, 4) is 5.75 Å². The van der Waals surface area contributed by atoms with Crippen LogP contribution in [0.2, 0.25) is 5.02 Å². The zero-order valence-corrected chi connectivity index (χ0v) is 13.0. The number of rotatable bonds is 2. The maximum absolute atomic E-state index is 11.3. The molecule has 1 aromatic rings. The lowest BCUT2D eigenvalue weighted by Gasteiger charge is -2.15. The third kappa shape index (κ3) is 3.30. The second-order valence-electron chi connectivity index (χ2n) is 4.80. The molecule has 0 radical (unpaired) electrons. The lowest BCUT2D eigenvalue weighted by molar-refractivity contribution is 0.156. The number of benzene rings is 1. The first-order valence-electron chi connectivity index (χ1n) is 6.80. The van der Waals surface area contributed by atoms with Gasteiger partial charge in [-0.1, -0.05) is 24.6 Å². The van der Waals surface area contributed by atoms with Crippen LogP contribution in [-0.4, -0.2) is 41.0 Å². The van der Waals surface area contributed by atoms with Gasteiger partial charge < -0.3 is 9.84 Å². The highest BCUT2D eigenvalue weighted by Gasteiger charge is 2.29. The van der Waals surface area contributed by atoms with Crippen LogP contribution in [0.5, 0.6) is 5.75 Å². The number of guanidine groups is 1. The lowest BCUT2D eigenvalue weighted by Crippen LogP contribution is -2.40. The number of para-hydroxylation sites is 1. The van der Waals surface area contributed by atoms with Crippen molar-refractivity contribution in [3.05, 3.63) is 28.8 Å². The van der Waals surface area contributed by atoms with Gasteiger partial charge in [0.1, 0.15) is 5.75 Å². The summed E-state index contributed by atoms with van der Waals surface area (Å²) in [6, 6.07) is 5.02. The molecule has 0 aliphatic carbocycles. The first-order chi connectivity index (χ1) is 10.4. The molecule has 1 unspecified atom stereocenters. The normalized spacial score (nSPS) is 17.1. The van der Waals surface area contributed by atoms with Crippen LogP contribution in [0.3, 0.4) is 0 Å².